The van der Waals surface area contributed by atoms with Gasteiger partial charge in [0, 0.05) is 0 Å². The fourth-order valence-corrected chi connectivity index (χ4v) is 0.365. The number of carboxylic acid groups (broad SMARTS) is 1. The summed E-state index contributed by atoms with van der Waals surface area (Å²) in [4.78, 5) is 20.3. The molecule has 0 bridgehead atoms. The second-order valence-corrected chi connectivity index (χ2v) is 1.55. The Labute approximate surface area is 63.8 Å². The molecule has 0 unspecified atom stereocenters. The van der Waals surface area contributed by atoms with Crippen molar-refractivity contribution in [1.82, 2.24) is 0 Å². The molecule has 0 aromatic rings. The van der Waals surface area contributed by atoms with Crippen molar-refractivity contribution >= 4 is 11.9 Å². The molecule has 4 nitrogen and oxygen atoms in total. The van der Waals surface area contributed by atoms with Crippen LogP contribution in [0.5, 0.6) is 0 Å². The lowest BCUT2D eigenvalue weighted by Crippen LogP contribution is -1.98. The lowest BCUT2D eigenvalue weighted by Gasteiger charge is -1.90. The van der Waals surface area contributed by atoms with Crippen LogP contribution in [0.2, 0.25) is 0 Å². The Morgan fingerprint density at radius 1 is 1.55 bits per heavy atom. The fourth-order valence-electron chi connectivity index (χ4n) is 0.365. The molecule has 4 heteroatoms. The molecule has 0 amide bonds. The third kappa shape index (κ3) is 6.34. The lowest BCUT2D eigenvalue weighted by molar-refractivity contribution is -0.137. The second kappa shape index (κ2) is 5.26. The molecule has 0 fully saturated rings. The Kier molecular flexibility index (Phi) is 4.52. The molecule has 0 spiro atoms. The molecule has 1 N–H and O–H groups in total. The molecule has 0 atom stereocenters. The average molecular weight is 156 g/mol. The Morgan fingerprint density at radius 3 is 2.64 bits per heavy atom. The summed E-state index contributed by atoms with van der Waals surface area (Å²) in [6.45, 7) is 1.93. The van der Waals surface area contributed by atoms with Crippen molar-refractivity contribution in [1.29, 1.82) is 0 Å². The lowest BCUT2D eigenvalue weighted by atomic mass is 10.5. The van der Waals surface area contributed by atoms with E-state index in [4.69, 9.17) is 5.11 Å². The highest BCUT2D eigenvalue weighted by molar-refractivity contribution is 5.84. The van der Waals surface area contributed by atoms with Crippen molar-refractivity contribution in [2.45, 2.75) is 6.92 Å². The van der Waals surface area contributed by atoms with Crippen LogP contribution in [0.3, 0.4) is 0 Å². The molecule has 0 aliphatic carbocycles. The quantitative estimate of drug-likeness (QED) is 0.363. The van der Waals surface area contributed by atoms with Crippen LogP contribution in [0, 0.1) is 0 Å². The predicted octanol–water partition coefficient (Wildman–Crippen LogP) is 0.345. The maximum absolute atomic E-state index is 10.5. The van der Waals surface area contributed by atoms with Crippen LogP contribution in [-0.4, -0.2) is 23.7 Å². The van der Waals surface area contributed by atoms with Gasteiger partial charge in [-0.05, 0) is 6.92 Å². The molecule has 0 aromatic carbocycles. The maximum Gasteiger partial charge on any atom is 0.338 e. The predicted molar refractivity (Wildman–Crippen MR) is 36.9 cm³/mol. The number of carbonyl (C=O) groups excluding carboxylic acids is 1. The van der Waals surface area contributed by atoms with Gasteiger partial charge in [0.05, 0.1) is 18.8 Å². The molecule has 0 aliphatic heterocycles. The van der Waals surface area contributed by atoms with Crippen LogP contribution in [0.25, 0.3) is 0 Å². The SMILES string of the molecule is CCOC(=O)C=C=CC(=O)O. The fraction of sp³-hybridized carbons (Fsp3) is 0.286. The monoisotopic (exact) mass is 156 g/mol. The van der Waals surface area contributed by atoms with E-state index in [0.29, 0.717) is 0 Å². The van der Waals surface area contributed by atoms with Gasteiger partial charge in [-0.25, -0.2) is 9.59 Å². The first-order valence-corrected chi connectivity index (χ1v) is 2.99. The van der Waals surface area contributed by atoms with E-state index in [1.165, 1.54) is 0 Å². The molecule has 0 aliphatic rings. The van der Waals surface area contributed by atoms with Crippen LogP contribution in [0.1, 0.15) is 6.92 Å². The Hall–Kier alpha value is -1.54. The number of ether oxygens (including phenoxy) is 1. The van der Waals surface area contributed by atoms with Crippen molar-refractivity contribution in [3.8, 4) is 0 Å². The van der Waals surface area contributed by atoms with E-state index in [1.54, 1.807) is 6.92 Å². The maximum atomic E-state index is 10.5. The van der Waals surface area contributed by atoms with E-state index in [-0.39, 0.29) is 6.61 Å². The van der Waals surface area contributed by atoms with Gasteiger partial charge in [-0.15, -0.1) is 5.73 Å². The van der Waals surface area contributed by atoms with Gasteiger partial charge in [0.2, 0.25) is 0 Å². The summed E-state index contributed by atoms with van der Waals surface area (Å²) in [5, 5.41) is 8.07. The summed E-state index contributed by atoms with van der Waals surface area (Å²) in [6.07, 6.45) is 1.66. The molecular weight excluding hydrogens is 148 g/mol. The summed E-state index contributed by atoms with van der Waals surface area (Å²) in [5.41, 5.74) is 2.15. The molecule has 0 aromatic heterocycles. The van der Waals surface area contributed by atoms with Gasteiger partial charge in [0.25, 0.3) is 0 Å². The Balaban J connectivity index is 3.92. The zero-order valence-electron chi connectivity index (χ0n) is 6.03. The summed E-state index contributed by atoms with van der Waals surface area (Å²) >= 11 is 0. The Bertz CT molecular complexity index is 210. The third-order valence-corrected chi connectivity index (χ3v) is 0.695. The standard InChI is InChI=1S/C7H8O4/c1-2-11-7(10)5-3-4-6(8)9/h4-5H,2H2,1H3,(H,8,9). The highest BCUT2D eigenvalue weighted by Gasteiger charge is 1.90. The zero-order chi connectivity index (χ0) is 8.69. The molecule has 0 saturated heterocycles. The smallest absolute Gasteiger partial charge is 0.338 e. The van der Waals surface area contributed by atoms with E-state index in [2.05, 4.69) is 10.5 Å². The third-order valence-electron chi connectivity index (χ3n) is 0.695. The van der Waals surface area contributed by atoms with Gasteiger partial charge < -0.3 is 9.84 Å². The molecule has 0 saturated carbocycles. The summed E-state index contributed by atoms with van der Waals surface area (Å²) in [5.74, 6) is -1.74. The van der Waals surface area contributed by atoms with E-state index < -0.39 is 11.9 Å². The normalized spacial score (nSPS) is 7.73. The minimum absolute atomic E-state index is 0.268. The van der Waals surface area contributed by atoms with E-state index in [0.717, 1.165) is 12.2 Å². The molecule has 11 heavy (non-hydrogen) atoms. The minimum atomic E-state index is -1.15. The average Bonchev–Trinajstić information content (AvgIpc) is 1.87. The summed E-state index contributed by atoms with van der Waals surface area (Å²) in [7, 11) is 0. The first kappa shape index (κ1) is 9.46. The summed E-state index contributed by atoms with van der Waals surface area (Å²) < 4.78 is 4.45. The van der Waals surface area contributed by atoms with Crippen molar-refractivity contribution in [2.24, 2.45) is 0 Å². The number of esters is 1. The number of rotatable bonds is 3. The Morgan fingerprint density at radius 2 is 2.18 bits per heavy atom. The number of carbonyl (C=O) groups is 2. The topological polar surface area (TPSA) is 63.6 Å². The van der Waals surface area contributed by atoms with Crippen LogP contribution in [-0.2, 0) is 14.3 Å². The van der Waals surface area contributed by atoms with Gasteiger partial charge in [-0.1, -0.05) is 0 Å². The van der Waals surface area contributed by atoms with Gasteiger partial charge in [0.1, 0.15) is 0 Å². The second-order valence-electron chi connectivity index (χ2n) is 1.55. The van der Waals surface area contributed by atoms with Crippen LogP contribution in [0.4, 0.5) is 0 Å². The molecule has 0 rings (SSSR count). The van der Waals surface area contributed by atoms with Gasteiger partial charge in [-0.3, -0.25) is 0 Å². The molecule has 0 radical (unpaired) electrons. The van der Waals surface area contributed by atoms with Crippen molar-refractivity contribution in [3.05, 3.63) is 17.9 Å². The van der Waals surface area contributed by atoms with Crippen LogP contribution < -0.4 is 0 Å². The number of aliphatic carboxylic acids is 1. The van der Waals surface area contributed by atoms with Gasteiger partial charge in [0.15, 0.2) is 0 Å². The molecule has 60 valence electrons. The first-order valence-electron chi connectivity index (χ1n) is 2.99. The van der Waals surface area contributed by atoms with Crippen LogP contribution >= 0.6 is 0 Å². The number of hydrogen-bond donors (Lipinski definition) is 1. The summed E-state index contributed by atoms with van der Waals surface area (Å²) in [6, 6.07) is 0. The van der Waals surface area contributed by atoms with Crippen molar-refractivity contribution < 1.29 is 19.4 Å². The van der Waals surface area contributed by atoms with Gasteiger partial charge in [-0.2, -0.15) is 0 Å². The number of carboxylic acids is 1. The van der Waals surface area contributed by atoms with E-state index in [1.807, 2.05) is 0 Å². The van der Waals surface area contributed by atoms with E-state index >= 15 is 0 Å². The minimum Gasteiger partial charge on any atom is -0.478 e. The highest BCUT2D eigenvalue weighted by Crippen LogP contribution is 1.78. The van der Waals surface area contributed by atoms with Gasteiger partial charge >= 0.3 is 11.9 Å². The highest BCUT2D eigenvalue weighted by atomic mass is 16.5. The number of hydrogen-bond acceptors (Lipinski definition) is 3. The molecular formula is C7H8O4. The van der Waals surface area contributed by atoms with E-state index in [9.17, 15) is 9.59 Å². The van der Waals surface area contributed by atoms with Crippen molar-refractivity contribution in [3.63, 3.8) is 0 Å². The largest absolute Gasteiger partial charge is 0.478 e. The molecule has 0 heterocycles. The first-order chi connectivity index (χ1) is 5.16. The van der Waals surface area contributed by atoms with Crippen LogP contribution in [0.15, 0.2) is 17.9 Å². The zero-order valence-corrected chi connectivity index (χ0v) is 6.03. The van der Waals surface area contributed by atoms with Crippen molar-refractivity contribution in [2.75, 3.05) is 6.61 Å².